The van der Waals surface area contributed by atoms with Crippen LogP contribution >= 0.6 is 0 Å². The summed E-state index contributed by atoms with van der Waals surface area (Å²) in [6.45, 7) is 8.14. The first-order valence-corrected chi connectivity index (χ1v) is 8.42. The predicted octanol–water partition coefficient (Wildman–Crippen LogP) is 6.38. The fraction of sp³-hybridized carbons (Fsp3) is 0.381. The van der Waals surface area contributed by atoms with Gasteiger partial charge in [-0.05, 0) is 46.7 Å². The normalized spacial score (nSPS) is 12.0. The van der Waals surface area contributed by atoms with Crippen molar-refractivity contribution < 1.29 is 18.0 Å². The van der Waals surface area contributed by atoms with Crippen LogP contribution in [0.2, 0.25) is 0 Å². The van der Waals surface area contributed by atoms with E-state index in [2.05, 4.69) is 6.07 Å². The zero-order chi connectivity index (χ0) is 18.8. The molecule has 0 fully saturated rings. The zero-order valence-electron chi connectivity index (χ0n) is 14.9. The van der Waals surface area contributed by atoms with E-state index in [1.807, 2.05) is 27.7 Å². The zero-order valence-corrected chi connectivity index (χ0v) is 14.9. The number of alkyl halides is 3. The Labute approximate surface area is 146 Å². The van der Waals surface area contributed by atoms with Gasteiger partial charge in [0.05, 0.1) is 5.56 Å². The van der Waals surface area contributed by atoms with Gasteiger partial charge in [-0.15, -0.1) is 0 Å². The van der Waals surface area contributed by atoms with Gasteiger partial charge in [-0.2, -0.15) is 13.2 Å². The minimum atomic E-state index is -4.46. The molecule has 0 saturated carbocycles. The molecule has 2 rings (SSSR count). The first kappa shape index (κ1) is 19.2. The van der Waals surface area contributed by atoms with Gasteiger partial charge in [-0.3, -0.25) is 4.79 Å². The number of rotatable bonds is 5. The minimum Gasteiger partial charge on any atom is -0.294 e. The summed E-state index contributed by atoms with van der Waals surface area (Å²) in [7, 11) is 0. The standard InChI is InChI=1S/C21H23F3O/c1-13(2)16-9-17(14(3)4)11-18(10-16)20(25)12-15-7-5-6-8-19(15)21(22,23)24/h5-11,13-14H,12H2,1-4H3. The van der Waals surface area contributed by atoms with Gasteiger partial charge in [0.2, 0.25) is 0 Å². The molecule has 25 heavy (non-hydrogen) atoms. The van der Waals surface area contributed by atoms with Crippen molar-refractivity contribution in [3.05, 3.63) is 70.3 Å². The number of ketones is 1. The largest absolute Gasteiger partial charge is 0.416 e. The molecule has 0 atom stereocenters. The average Bonchev–Trinajstić information content (AvgIpc) is 2.53. The second kappa shape index (κ2) is 7.42. The maximum absolute atomic E-state index is 13.1. The van der Waals surface area contributed by atoms with Crippen LogP contribution in [-0.2, 0) is 12.6 Å². The van der Waals surface area contributed by atoms with Gasteiger partial charge in [0.25, 0.3) is 0 Å². The van der Waals surface area contributed by atoms with Crippen molar-refractivity contribution in [2.24, 2.45) is 0 Å². The van der Waals surface area contributed by atoms with Crippen molar-refractivity contribution >= 4 is 5.78 Å². The molecule has 0 spiro atoms. The first-order chi connectivity index (χ1) is 11.6. The molecular weight excluding hydrogens is 325 g/mol. The van der Waals surface area contributed by atoms with Gasteiger partial charge < -0.3 is 0 Å². The van der Waals surface area contributed by atoms with Crippen molar-refractivity contribution in [3.8, 4) is 0 Å². The molecule has 4 heteroatoms. The maximum Gasteiger partial charge on any atom is 0.416 e. The summed E-state index contributed by atoms with van der Waals surface area (Å²) in [5, 5.41) is 0. The Morgan fingerprint density at radius 1 is 0.920 bits per heavy atom. The second-order valence-corrected chi connectivity index (χ2v) is 6.95. The molecule has 0 aliphatic carbocycles. The molecule has 0 N–H and O–H groups in total. The highest BCUT2D eigenvalue weighted by molar-refractivity contribution is 5.98. The van der Waals surface area contributed by atoms with Crippen LogP contribution in [0.5, 0.6) is 0 Å². The van der Waals surface area contributed by atoms with E-state index in [0.29, 0.717) is 5.56 Å². The first-order valence-electron chi connectivity index (χ1n) is 8.42. The third-order valence-electron chi connectivity index (χ3n) is 4.31. The number of benzene rings is 2. The van der Waals surface area contributed by atoms with Gasteiger partial charge >= 0.3 is 6.18 Å². The van der Waals surface area contributed by atoms with Crippen LogP contribution < -0.4 is 0 Å². The third-order valence-corrected chi connectivity index (χ3v) is 4.31. The lowest BCUT2D eigenvalue weighted by atomic mass is 9.90. The third kappa shape index (κ3) is 4.71. The smallest absolute Gasteiger partial charge is 0.294 e. The molecule has 0 aliphatic heterocycles. The maximum atomic E-state index is 13.1. The molecule has 0 bridgehead atoms. The van der Waals surface area contributed by atoms with Crippen LogP contribution in [0.15, 0.2) is 42.5 Å². The van der Waals surface area contributed by atoms with Crippen LogP contribution in [0.1, 0.15) is 72.1 Å². The Morgan fingerprint density at radius 3 is 1.92 bits per heavy atom. The molecule has 0 aromatic heterocycles. The van der Waals surface area contributed by atoms with Gasteiger partial charge in [-0.1, -0.05) is 52.0 Å². The van der Waals surface area contributed by atoms with Gasteiger partial charge in [0.1, 0.15) is 0 Å². The topological polar surface area (TPSA) is 17.1 Å². The average molecular weight is 348 g/mol. The van der Waals surface area contributed by atoms with E-state index in [1.165, 1.54) is 18.2 Å². The van der Waals surface area contributed by atoms with E-state index in [1.54, 1.807) is 12.1 Å². The fourth-order valence-electron chi connectivity index (χ4n) is 2.73. The highest BCUT2D eigenvalue weighted by Crippen LogP contribution is 2.32. The summed E-state index contributed by atoms with van der Waals surface area (Å²) < 4.78 is 39.4. The summed E-state index contributed by atoms with van der Waals surface area (Å²) in [6, 6.07) is 10.9. The molecule has 0 heterocycles. The van der Waals surface area contributed by atoms with E-state index in [0.717, 1.165) is 17.2 Å². The Kier molecular flexibility index (Phi) is 5.71. The quantitative estimate of drug-likeness (QED) is 0.573. The van der Waals surface area contributed by atoms with Gasteiger partial charge in [0, 0.05) is 12.0 Å². The predicted molar refractivity (Wildman–Crippen MR) is 94.1 cm³/mol. The Morgan fingerprint density at radius 2 is 1.44 bits per heavy atom. The number of hydrogen-bond acceptors (Lipinski definition) is 1. The van der Waals surface area contributed by atoms with Crippen LogP contribution in [0.4, 0.5) is 13.2 Å². The molecule has 0 saturated heterocycles. The number of hydrogen-bond donors (Lipinski definition) is 0. The summed E-state index contributed by atoms with van der Waals surface area (Å²) in [4.78, 5) is 12.7. The monoisotopic (exact) mass is 348 g/mol. The molecule has 134 valence electrons. The molecule has 2 aromatic rings. The Balaban J connectivity index is 2.39. The second-order valence-electron chi connectivity index (χ2n) is 6.95. The molecule has 1 nitrogen and oxygen atoms in total. The lowest BCUT2D eigenvalue weighted by molar-refractivity contribution is -0.138. The van der Waals surface area contributed by atoms with Crippen LogP contribution in [-0.4, -0.2) is 5.78 Å². The summed E-state index contributed by atoms with van der Waals surface area (Å²) in [6.07, 6.45) is -4.71. The number of halogens is 3. The van der Waals surface area contributed by atoms with Crippen molar-refractivity contribution in [3.63, 3.8) is 0 Å². The molecule has 0 aliphatic rings. The van der Waals surface area contributed by atoms with Crippen molar-refractivity contribution in [2.45, 2.75) is 52.1 Å². The number of carbonyl (C=O) groups excluding carboxylic acids is 1. The van der Waals surface area contributed by atoms with Gasteiger partial charge in [0.15, 0.2) is 5.78 Å². The van der Waals surface area contributed by atoms with Crippen LogP contribution in [0.3, 0.4) is 0 Å². The van der Waals surface area contributed by atoms with E-state index >= 15 is 0 Å². The minimum absolute atomic E-state index is 0.0149. The number of carbonyl (C=O) groups is 1. The lowest BCUT2D eigenvalue weighted by Crippen LogP contribution is -2.13. The molecular formula is C21H23F3O. The highest BCUT2D eigenvalue weighted by Gasteiger charge is 2.33. The van der Waals surface area contributed by atoms with Crippen molar-refractivity contribution in [1.29, 1.82) is 0 Å². The van der Waals surface area contributed by atoms with Crippen LogP contribution in [0.25, 0.3) is 0 Å². The van der Waals surface area contributed by atoms with E-state index in [-0.39, 0.29) is 29.6 Å². The van der Waals surface area contributed by atoms with E-state index in [9.17, 15) is 18.0 Å². The summed E-state index contributed by atoms with van der Waals surface area (Å²) in [5.74, 6) is 0.196. The van der Waals surface area contributed by atoms with Gasteiger partial charge in [-0.25, -0.2) is 0 Å². The Bertz CT molecular complexity index is 732. The van der Waals surface area contributed by atoms with E-state index < -0.39 is 11.7 Å². The highest BCUT2D eigenvalue weighted by atomic mass is 19.4. The van der Waals surface area contributed by atoms with Crippen molar-refractivity contribution in [1.82, 2.24) is 0 Å². The molecule has 0 amide bonds. The molecule has 0 unspecified atom stereocenters. The molecule has 0 radical (unpaired) electrons. The SMILES string of the molecule is CC(C)c1cc(C(=O)Cc2ccccc2C(F)(F)F)cc(C(C)C)c1. The van der Waals surface area contributed by atoms with Crippen molar-refractivity contribution in [2.75, 3.05) is 0 Å². The summed E-state index contributed by atoms with van der Waals surface area (Å²) in [5.41, 5.74) is 1.80. The summed E-state index contributed by atoms with van der Waals surface area (Å²) >= 11 is 0. The fourth-order valence-corrected chi connectivity index (χ4v) is 2.73. The van der Waals surface area contributed by atoms with Crippen LogP contribution in [0, 0.1) is 0 Å². The van der Waals surface area contributed by atoms with E-state index in [4.69, 9.17) is 0 Å². The molecule has 2 aromatic carbocycles. The number of Topliss-reactive ketones (excluding diaryl/α,β-unsaturated/α-hetero) is 1. The Hall–Kier alpha value is -2.10. The lowest BCUT2D eigenvalue weighted by Gasteiger charge is -2.15.